The number of rotatable bonds is 4. The van der Waals surface area contributed by atoms with Crippen molar-refractivity contribution in [1.29, 1.82) is 0 Å². The number of amides is 1. The molecule has 1 heterocycles. The molecule has 1 fully saturated rings. The van der Waals surface area contributed by atoms with E-state index >= 15 is 0 Å². The van der Waals surface area contributed by atoms with Crippen LogP contribution in [-0.4, -0.2) is 26.1 Å². The van der Waals surface area contributed by atoms with Crippen molar-refractivity contribution in [2.75, 3.05) is 5.32 Å². The number of nitrogens with one attached hydrogen (secondary N) is 1. The Morgan fingerprint density at radius 3 is 2.60 bits per heavy atom. The van der Waals surface area contributed by atoms with Crippen molar-refractivity contribution in [3.8, 4) is 11.4 Å². The zero-order valence-electron chi connectivity index (χ0n) is 13.6. The lowest BCUT2D eigenvalue weighted by atomic mass is 9.95. The lowest BCUT2D eigenvalue weighted by Gasteiger charge is -2.16. The molecule has 0 aliphatic heterocycles. The molecule has 25 heavy (non-hydrogen) atoms. The minimum Gasteiger partial charge on any atom is -0.325 e. The van der Waals surface area contributed by atoms with Crippen molar-refractivity contribution < 1.29 is 4.79 Å². The molecular weight excluding hydrogens is 338 g/mol. The summed E-state index contributed by atoms with van der Waals surface area (Å²) in [6.07, 6.45) is 1.68. The highest BCUT2D eigenvalue weighted by molar-refractivity contribution is 6.30. The minimum atomic E-state index is -0.451. The molecule has 1 aromatic heterocycles. The number of carbonyl (C=O) groups excluding carboxylic acids is 1. The first-order valence-corrected chi connectivity index (χ1v) is 8.37. The van der Waals surface area contributed by atoms with Gasteiger partial charge in [0.25, 0.3) is 0 Å². The van der Waals surface area contributed by atoms with E-state index in [1.165, 1.54) is 0 Å². The van der Waals surface area contributed by atoms with Crippen LogP contribution in [0.4, 0.5) is 5.69 Å². The number of tetrazole rings is 1. The van der Waals surface area contributed by atoms with Gasteiger partial charge in [-0.15, -0.1) is 5.10 Å². The van der Waals surface area contributed by atoms with Crippen molar-refractivity contribution in [2.45, 2.75) is 18.3 Å². The molecule has 1 aliphatic rings. The highest BCUT2D eigenvalue weighted by Crippen LogP contribution is 2.49. The largest absolute Gasteiger partial charge is 0.325 e. The van der Waals surface area contributed by atoms with Crippen LogP contribution in [0.5, 0.6) is 0 Å². The van der Waals surface area contributed by atoms with E-state index in [1.807, 2.05) is 48.5 Å². The second-order valence-electron chi connectivity index (χ2n) is 6.25. The van der Waals surface area contributed by atoms with Gasteiger partial charge in [0.15, 0.2) is 5.82 Å². The Morgan fingerprint density at radius 2 is 1.96 bits per heavy atom. The summed E-state index contributed by atoms with van der Waals surface area (Å²) in [6.45, 7) is 0. The Morgan fingerprint density at radius 1 is 1.20 bits per heavy atom. The van der Waals surface area contributed by atoms with Gasteiger partial charge in [0, 0.05) is 23.3 Å². The molecule has 7 heteroatoms. The highest BCUT2D eigenvalue weighted by atomic mass is 35.5. The standard InChI is InChI=1S/C18H16ClN5O/c1-24-16(21-22-23-24)12-3-2-4-15(11-12)20-17(25)18(9-10-18)13-5-7-14(19)8-6-13/h2-8,11H,9-10H2,1H3,(H,20,25). The average molecular weight is 354 g/mol. The predicted molar refractivity (Wildman–Crippen MR) is 95.2 cm³/mol. The quantitative estimate of drug-likeness (QED) is 0.781. The molecule has 1 amide bonds. The fourth-order valence-corrected chi connectivity index (χ4v) is 3.13. The van der Waals surface area contributed by atoms with Gasteiger partial charge in [-0.1, -0.05) is 35.9 Å². The van der Waals surface area contributed by atoms with E-state index < -0.39 is 5.41 Å². The zero-order valence-corrected chi connectivity index (χ0v) is 14.4. The summed E-state index contributed by atoms with van der Waals surface area (Å²) in [5.74, 6) is 0.651. The Kier molecular flexibility index (Phi) is 3.77. The second-order valence-corrected chi connectivity index (χ2v) is 6.69. The van der Waals surface area contributed by atoms with Gasteiger partial charge in [-0.2, -0.15) is 0 Å². The van der Waals surface area contributed by atoms with Crippen molar-refractivity contribution in [2.24, 2.45) is 7.05 Å². The van der Waals surface area contributed by atoms with E-state index in [0.717, 1.165) is 29.7 Å². The van der Waals surface area contributed by atoms with Crippen LogP contribution in [0.15, 0.2) is 48.5 Å². The molecule has 0 radical (unpaired) electrons. The molecule has 1 saturated carbocycles. The van der Waals surface area contributed by atoms with Gasteiger partial charge < -0.3 is 5.32 Å². The maximum Gasteiger partial charge on any atom is 0.235 e. The Balaban J connectivity index is 1.57. The lowest BCUT2D eigenvalue weighted by molar-refractivity contribution is -0.118. The first kappa shape index (κ1) is 15.8. The average Bonchev–Trinajstić information content (AvgIpc) is 3.31. The molecule has 4 rings (SSSR count). The third-order valence-corrected chi connectivity index (χ3v) is 4.83. The maximum atomic E-state index is 12.9. The van der Waals surface area contributed by atoms with E-state index in [2.05, 4.69) is 20.8 Å². The topological polar surface area (TPSA) is 72.7 Å². The zero-order chi connectivity index (χ0) is 17.4. The monoisotopic (exact) mass is 353 g/mol. The number of halogens is 1. The number of aromatic nitrogens is 4. The molecule has 126 valence electrons. The summed E-state index contributed by atoms with van der Waals surface area (Å²) in [6, 6.07) is 15.0. The van der Waals surface area contributed by atoms with Crippen molar-refractivity contribution in [3.05, 3.63) is 59.1 Å². The second kappa shape index (κ2) is 5.97. The van der Waals surface area contributed by atoms with E-state index in [4.69, 9.17) is 11.6 Å². The third-order valence-electron chi connectivity index (χ3n) is 4.58. The van der Waals surface area contributed by atoms with Crippen molar-refractivity contribution in [1.82, 2.24) is 20.2 Å². The van der Waals surface area contributed by atoms with E-state index in [0.29, 0.717) is 10.8 Å². The number of carbonyl (C=O) groups is 1. The van der Waals surface area contributed by atoms with Gasteiger partial charge in [-0.3, -0.25) is 4.79 Å². The molecule has 6 nitrogen and oxygen atoms in total. The summed E-state index contributed by atoms with van der Waals surface area (Å²) in [4.78, 5) is 12.9. The minimum absolute atomic E-state index is 0.00284. The Hall–Kier alpha value is -2.73. The van der Waals surface area contributed by atoms with Gasteiger partial charge >= 0.3 is 0 Å². The summed E-state index contributed by atoms with van der Waals surface area (Å²) in [7, 11) is 1.78. The smallest absolute Gasteiger partial charge is 0.235 e. The molecule has 1 aliphatic carbocycles. The number of hydrogen-bond acceptors (Lipinski definition) is 4. The van der Waals surface area contributed by atoms with Crippen LogP contribution in [0.1, 0.15) is 18.4 Å². The molecular formula is C18H16ClN5O. The molecule has 1 N–H and O–H groups in total. The third kappa shape index (κ3) is 2.89. The first-order valence-electron chi connectivity index (χ1n) is 7.99. The Labute approximate surface area is 149 Å². The molecule has 0 saturated heterocycles. The van der Waals surface area contributed by atoms with Crippen LogP contribution in [0.2, 0.25) is 5.02 Å². The highest BCUT2D eigenvalue weighted by Gasteiger charge is 2.51. The maximum absolute atomic E-state index is 12.9. The molecule has 2 aromatic carbocycles. The van der Waals surface area contributed by atoms with E-state index in [-0.39, 0.29) is 5.91 Å². The van der Waals surface area contributed by atoms with Gasteiger partial charge in [-0.25, -0.2) is 4.68 Å². The number of aryl methyl sites for hydroxylation is 1. The molecule has 0 bridgehead atoms. The summed E-state index contributed by atoms with van der Waals surface area (Å²) >= 11 is 5.95. The van der Waals surface area contributed by atoms with Crippen LogP contribution in [0, 0.1) is 0 Å². The van der Waals surface area contributed by atoms with E-state index in [1.54, 1.807) is 11.7 Å². The van der Waals surface area contributed by atoms with Crippen molar-refractivity contribution in [3.63, 3.8) is 0 Å². The van der Waals surface area contributed by atoms with Crippen LogP contribution >= 0.6 is 11.6 Å². The van der Waals surface area contributed by atoms with Gasteiger partial charge in [0.1, 0.15) is 0 Å². The molecule has 0 spiro atoms. The van der Waals surface area contributed by atoms with Gasteiger partial charge in [0.2, 0.25) is 5.91 Å². The van der Waals surface area contributed by atoms with Crippen LogP contribution < -0.4 is 5.32 Å². The molecule has 0 atom stereocenters. The molecule has 0 unspecified atom stereocenters. The van der Waals surface area contributed by atoms with Gasteiger partial charge in [-0.05, 0) is 53.1 Å². The fraction of sp³-hybridized carbons (Fsp3) is 0.222. The SMILES string of the molecule is Cn1nnnc1-c1cccc(NC(=O)C2(c3ccc(Cl)cc3)CC2)c1. The fourth-order valence-electron chi connectivity index (χ4n) is 3.00. The lowest BCUT2D eigenvalue weighted by Crippen LogP contribution is -2.27. The normalized spacial score (nSPS) is 15.0. The summed E-state index contributed by atoms with van der Waals surface area (Å²) < 4.78 is 1.59. The number of anilines is 1. The predicted octanol–water partition coefficient (Wildman–Crippen LogP) is 3.20. The summed E-state index contributed by atoms with van der Waals surface area (Å²) in [5, 5.41) is 15.2. The van der Waals surface area contributed by atoms with Crippen LogP contribution in [0.25, 0.3) is 11.4 Å². The van der Waals surface area contributed by atoms with Gasteiger partial charge in [0.05, 0.1) is 5.41 Å². The molecule has 3 aromatic rings. The first-order chi connectivity index (χ1) is 12.1. The Bertz CT molecular complexity index is 931. The number of hydrogen-bond donors (Lipinski definition) is 1. The van der Waals surface area contributed by atoms with Crippen LogP contribution in [-0.2, 0) is 17.3 Å². The van der Waals surface area contributed by atoms with Crippen molar-refractivity contribution >= 4 is 23.2 Å². The van der Waals surface area contributed by atoms with Crippen LogP contribution in [0.3, 0.4) is 0 Å². The van der Waals surface area contributed by atoms with E-state index in [9.17, 15) is 4.79 Å². The summed E-state index contributed by atoms with van der Waals surface area (Å²) in [5.41, 5.74) is 2.13. The number of benzene rings is 2. The number of nitrogens with zero attached hydrogens (tertiary/aromatic N) is 4.